The number of amides is 1. The van der Waals surface area contributed by atoms with E-state index in [0.717, 1.165) is 38.5 Å². The molecule has 5 nitrogen and oxygen atoms in total. The Labute approximate surface area is 120 Å². The van der Waals surface area contributed by atoms with Crippen LogP contribution in [0.2, 0.25) is 0 Å². The summed E-state index contributed by atoms with van der Waals surface area (Å²) in [7, 11) is 0. The maximum atomic E-state index is 12.1. The van der Waals surface area contributed by atoms with Crippen LogP contribution in [0.5, 0.6) is 0 Å². The van der Waals surface area contributed by atoms with E-state index in [-0.39, 0.29) is 11.9 Å². The van der Waals surface area contributed by atoms with E-state index in [2.05, 4.69) is 17.5 Å². The summed E-state index contributed by atoms with van der Waals surface area (Å²) in [4.78, 5) is 13.8. The third kappa shape index (κ3) is 3.71. The molecule has 2 aliphatic rings. The quantitative estimate of drug-likeness (QED) is 0.825. The molecule has 1 amide bonds. The van der Waals surface area contributed by atoms with Crippen LogP contribution in [-0.2, 0) is 4.79 Å². The first-order valence-electron chi connectivity index (χ1n) is 7.54. The molecule has 0 aromatic heterocycles. The zero-order valence-corrected chi connectivity index (χ0v) is 11.8. The fourth-order valence-corrected chi connectivity index (χ4v) is 3.32. The molecule has 0 aromatic carbocycles. The standard InChI is InChI=1S/C15H22N4O/c16-7-1-3-12-5-6-13(9-12)18-11-15(20)19-8-2-4-14(19)10-17/h12-14,18H,1-6,8-9,11H2/t12-,13+,14-/m0/s1. The molecule has 0 unspecified atom stereocenters. The zero-order valence-electron chi connectivity index (χ0n) is 11.8. The maximum Gasteiger partial charge on any atom is 0.237 e. The predicted molar refractivity (Wildman–Crippen MR) is 74.3 cm³/mol. The number of rotatable bonds is 5. The summed E-state index contributed by atoms with van der Waals surface area (Å²) in [6.45, 7) is 1.06. The molecular formula is C15H22N4O. The van der Waals surface area contributed by atoms with Crippen molar-refractivity contribution in [3.05, 3.63) is 0 Å². The van der Waals surface area contributed by atoms with Crippen molar-refractivity contribution in [1.29, 1.82) is 10.5 Å². The minimum Gasteiger partial charge on any atom is -0.326 e. The molecule has 108 valence electrons. The Bertz CT molecular complexity index is 423. The highest BCUT2D eigenvalue weighted by Crippen LogP contribution is 2.29. The van der Waals surface area contributed by atoms with E-state index in [9.17, 15) is 4.79 Å². The number of carbonyl (C=O) groups is 1. The lowest BCUT2D eigenvalue weighted by molar-refractivity contribution is -0.130. The molecule has 1 heterocycles. The topological polar surface area (TPSA) is 79.9 Å². The number of carbonyl (C=O) groups excluding carboxylic acids is 1. The average Bonchev–Trinajstić information content (AvgIpc) is 3.11. The number of likely N-dealkylation sites (tertiary alicyclic amines) is 1. The summed E-state index contributed by atoms with van der Waals surface area (Å²) in [6, 6.07) is 4.56. The van der Waals surface area contributed by atoms with Gasteiger partial charge >= 0.3 is 0 Å². The smallest absolute Gasteiger partial charge is 0.237 e. The highest BCUT2D eigenvalue weighted by molar-refractivity contribution is 5.79. The van der Waals surface area contributed by atoms with Gasteiger partial charge in [-0.1, -0.05) is 0 Å². The Kier molecular flexibility index (Phi) is 5.38. The Hall–Kier alpha value is -1.59. The van der Waals surface area contributed by atoms with Crippen LogP contribution in [0.25, 0.3) is 0 Å². The van der Waals surface area contributed by atoms with Crippen molar-refractivity contribution >= 4 is 5.91 Å². The lowest BCUT2D eigenvalue weighted by Crippen LogP contribution is -2.42. The second-order valence-corrected chi connectivity index (χ2v) is 5.83. The number of nitriles is 2. The molecule has 3 atom stereocenters. The van der Waals surface area contributed by atoms with Crippen molar-refractivity contribution < 1.29 is 4.79 Å². The average molecular weight is 274 g/mol. The maximum absolute atomic E-state index is 12.1. The predicted octanol–water partition coefficient (Wildman–Crippen LogP) is 1.56. The van der Waals surface area contributed by atoms with Gasteiger partial charge in [0.2, 0.25) is 5.91 Å². The Morgan fingerprint density at radius 1 is 1.30 bits per heavy atom. The molecule has 1 N–H and O–H groups in total. The Morgan fingerprint density at radius 2 is 2.15 bits per heavy atom. The normalized spacial score (nSPS) is 29.1. The summed E-state index contributed by atoms with van der Waals surface area (Å²) in [6.07, 6.45) is 6.66. The van der Waals surface area contributed by atoms with Crippen LogP contribution in [0.15, 0.2) is 0 Å². The minimum absolute atomic E-state index is 0.0505. The lowest BCUT2D eigenvalue weighted by atomic mass is 10.0. The summed E-state index contributed by atoms with van der Waals surface area (Å²) >= 11 is 0. The van der Waals surface area contributed by atoms with Crippen molar-refractivity contribution in [2.45, 2.75) is 57.0 Å². The van der Waals surface area contributed by atoms with Gasteiger partial charge in [0, 0.05) is 19.0 Å². The van der Waals surface area contributed by atoms with Crippen LogP contribution in [0.4, 0.5) is 0 Å². The van der Waals surface area contributed by atoms with E-state index in [0.29, 0.717) is 31.5 Å². The van der Waals surface area contributed by atoms with Crippen LogP contribution >= 0.6 is 0 Å². The van der Waals surface area contributed by atoms with Crippen LogP contribution in [0.3, 0.4) is 0 Å². The molecule has 0 bridgehead atoms. The fourth-order valence-electron chi connectivity index (χ4n) is 3.32. The van der Waals surface area contributed by atoms with Gasteiger partial charge in [0.25, 0.3) is 0 Å². The van der Waals surface area contributed by atoms with E-state index >= 15 is 0 Å². The first-order valence-corrected chi connectivity index (χ1v) is 7.54. The van der Waals surface area contributed by atoms with Gasteiger partial charge < -0.3 is 10.2 Å². The second-order valence-electron chi connectivity index (χ2n) is 5.83. The molecule has 1 saturated heterocycles. The van der Waals surface area contributed by atoms with E-state index < -0.39 is 0 Å². The molecule has 1 aliphatic carbocycles. The van der Waals surface area contributed by atoms with Crippen molar-refractivity contribution in [1.82, 2.24) is 10.2 Å². The molecule has 0 spiro atoms. The van der Waals surface area contributed by atoms with Crippen LogP contribution in [-0.4, -0.2) is 36.0 Å². The minimum atomic E-state index is -0.226. The number of hydrogen-bond donors (Lipinski definition) is 1. The van der Waals surface area contributed by atoms with Crippen molar-refractivity contribution in [3.8, 4) is 12.1 Å². The first kappa shape index (κ1) is 14.8. The Balaban J connectivity index is 1.70. The van der Waals surface area contributed by atoms with E-state index in [1.54, 1.807) is 4.90 Å². The molecule has 2 rings (SSSR count). The van der Waals surface area contributed by atoms with Crippen molar-refractivity contribution in [2.24, 2.45) is 5.92 Å². The summed E-state index contributed by atoms with van der Waals surface area (Å²) < 4.78 is 0. The van der Waals surface area contributed by atoms with Crippen LogP contribution < -0.4 is 5.32 Å². The zero-order chi connectivity index (χ0) is 14.4. The van der Waals surface area contributed by atoms with Gasteiger partial charge in [0.15, 0.2) is 0 Å². The largest absolute Gasteiger partial charge is 0.326 e. The molecule has 0 radical (unpaired) electrons. The molecule has 5 heteroatoms. The molecular weight excluding hydrogens is 252 g/mol. The second kappa shape index (κ2) is 7.26. The highest BCUT2D eigenvalue weighted by atomic mass is 16.2. The third-order valence-corrected chi connectivity index (χ3v) is 4.47. The van der Waals surface area contributed by atoms with Gasteiger partial charge in [-0.05, 0) is 44.4 Å². The monoisotopic (exact) mass is 274 g/mol. The number of hydrogen-bond acceptors (Lipinski definition) is 4. The molecule has 1 saturated carbocycles. The van der Waals surface area contributed by atoms with Gasteiger partial charge in [0.1, 0.15) is 6.04 Å². The van der Waals surface area contributed by atoms with Gasteiger partial charge in [-0.2, -0.15) is 10.5 Å². The van der Waals surface area contributed by atoms with Crippen molar-refractivity contribution in [3.63, 3.8) is 0 Å². The molecule has 2 fully saturated rings. The lowest BCUT2D eigenvalue weighted by Gasteiger charge is -2.21. The van der Waals surface area contributed by atoms with Gasteiger partial charge in [-0.15, -0.1) is 0 Å². The third-order valence-electron chi connectivity index (χ3n) is 4.47. The summed E-state index contributed by atoms with van der Waals surface area (Å²) in [5.41, 5.74) is 0. The summed E-state index contributed by atoms with van der Waals surface area (Å²) in [5, 5.41) is 20.9. The number of nitrogens with one attached hydrogen (secondary N) is 1. The van der Waals surface area contributed by atoms with Gasteiger partial charge in [-0.25, -0.2) is 0 Å². The number of nitrogens with zero attached hydrogens (tertiary/aromatic N) is 3. The first-order chi connectivity index (χ1) is 9.74. The molecule has 1 aliphatic heterocycles. The fraction of sp³-hybridized carbons (Fsp3) is 0.800. The molecule has 0 aromatic rings. The van der Waals surface area contributed by atoms with Crippen LogP contribution in [0, 0.1) is 28.6 Å². The summed E-state index contributed by atoms with van der Waals surface area (Å²) in [5.74, 6) is 0.676. The van der Waals surface area contributed by atoms with Crippen LogP contribution in [0.1, 0.15) is 44.9 Å². The van der Waals surface area contributed by atoms with E-state index in [4.69, 9.17) is 10.5 Å². The van der Waals surface area contributed by atoms with Gasteiger partial charge in [0.05, 0.1) is 18.7 Å². The Morgan fingerprint density at radius 3 is 2.90 bits per heavy atom. The van der Waals surface area contributed by atoms with E-state index in [1.807, 2.05) is 0 Å². The van der Waals surface area contributed by atoms with Gasteiger partial charge in [-0.3, -0.25) is 4.79 Å². The highest BCUT2D eigenvalue weighted by Gasteiger charge is 2.29. The van der Waals surface area contributed by atoms with E-state index in [1.165, 1.54) is 0 Å². The molecule has 20 heavy (non-hydrogen) atoms. The van der Waals surface area contributed by atoms with Crippen molar-refractivity contribution in [2.75, 3.05) is 13.1 Å². The SMILES string of the molecule is N#CCC[C@H]1CC[C@@H](NCC(=O)N2CCC[C@H]2C#N)C1.